The average molecular weight is 330 g/mol. The summed E-state index contributed by atoms with van der Waals surface area (Å²) in [5.41, 5.74) is 1.52. The van der Waals surface area contributed by atoms with E-state index >= 15 is 0 Å². The van der Waals surface area contributed by atoms with E-state index in [1.807, 2.05) is 30.0 Å². The van der Waals surface area contributed by atoms with Crippen LogP contribution in [0.2, 0.25) is 0 Å². The Morgan fingerprint density at radius 1 is 1.39 bits per heavy atom. The molecular weight excluding hydrogens is 312 g/mol. The lowest BCUT2D eigenvalue weighted by atomic mass is 10.1. The molecule has 2 amide bonds. The van der Waals surface area contributed by atoms with Gasteiger partial charge in [-0.25, -0.2) is 0 Å². The van der Waals surface area contributed by atoms with Gasteiger partial charge in [0.25, 0.3) is 5.91 Å². The topological polar surface area (TPSA) is 75.2 Å². The molecule has 0 aliphatic carbocycles. The molecule has 0 spiro atoms. The molecule has 2 heterocycles. The third-order valence-corrected chi connectivity index (χ3v) is 4.71. The van der Waals surface area contributed by atoms with Crippen molar-refractivity contribution in [2.24, 2.45) is 0 Å². The summed E-state index contributed by atoms with van der Waals surface area (Å²) in [7, 11) is 0. The fraction of sp³-hybridized carbons (Fsp3) is 0.375. The Kier molecular flexibility index (Phi) is 4.66. The molecular formula is C16H18N4O2S. The molecule has 2 aromatic rings. The van der Waals surface area contributed by atoms with Crippen molar-refractivity contribution in [1.29, 1.82) is 0 Å². The van der Waals surface area contributed by atoms with Gasteiger partial charge in [0.1, 0.15) is 5.01 Å². The lowest BCUT2D eigenvalue weighted by Crippen LogP contribution is -2.24. The van der Waals surface area contributed by atoms with Crippen LogP contribution < -0.4 is 5.32 Å². The number of nitrogens with one attached hydrogen (secondary N) is 1. The second-order valence-corrected chi connectivity index (χ2v) is 6.49. The van der Waals surface area contributed by atoms with Gasteiger partial charge in [-0.1, -0.05) is 30.4 Å². The van der Waals surface area contributed by atoms with Gasteiger partial charge in [-0.3, -0.25) is 14.9 Å². The van der Waals surface area contributed by atoms with Crippen LogP contribution >= 0.6 is 11.3 Å². The minimum absolute atomic E-state index is 0.181. The predicted molar refractivity (Wildman–Crippen MR) is 88.3 cm³/mol. The zero-order valence-corrected chi connectivity index (χ0v) is 13.7. The molecule has 0 radical (unpaired) electrons. The van der Waals surface area contributed by atoms with E-state index < -0.39 is 0 Å². The molecule has 3 rings (SSSR count). The number of hydrogen-bond donors (Lipinski definition) is 1. The number of carbonyl (C=O) groups is 2. The van der Waals surface area contributed by atoms with Crippen molar-refractivity contribution in [2.75, 3.05) is 11.9 Å². The first kappa shape index (κ1) is 15.6. The average Bonchev–Trinajstić information content (AvgIpc) is 3.17. The van der Waals surface area contributed by atoms with E-state index in [-0.39, 0.29) is 11.8 Å². The molecule has 1 fully saturated rings. The van der Waals surface area contributed by atoms with Crippen molar-refractivity contribution in [3.63, 3.8) is 0 Å². The highest BCUT2D eigenvalue weighted by molar-refractivity contribution is 7.15. The van der Waals surface area contributed by atoms with Crippen molar-refractivity contribution in [1.82, 2.24) is 15.1 Å². The zero-order chi connectivity index (χ0) is 16.2. The summed E-state index contributed by atoms with van der Waals surface area (Å²) in [6.45, 7) is 3.34. The fourth-order valence-electron chi connectivity index (χ4n) is 2.52. The number of aryl methyl sites for hydroxylation is 1. The minimum Gasteiger partial charge on any atom is -0.338 e. The van der Waals surface area contributed by atoms with E-state index in [0.29, 0.717) is 23.7 Å². The van der Waals surface area contributed by atoms with Crippen molar-refractivity contribution in [3.05, 3.63) is 40.4 Å². The van der Waals surface area contributed by atoms with Gasteiger partial charge in [-0.2, -0.15) is 0 Å². The number of nitrogens with zero attached hydrogens (tertiary/aromatic N) is 3. The van der Waals surface area contributed by atoms with Gasteiger partial charge in [0.2, 0.25) is 11.0 Å². The van der Waals surface area contributed by atoms with Crippen LogP contribution in [-0.4, -0.2) is 33.5 Å². The number of rotatable bonds is 5. The van der Waals surface area contributed by atoms with E-state index in [2.05, 4.69) is 15.5 Å². The maximum atomic E-state index is 12.3. The first-order valence-corrected chi connectivity index (χ1v) is 8.48. The molecule has 1 saturated heterocycles. The molecule has 1 aliphatic rings. The summed E-state index contributed by atoms with van der Waals surface area (Å²) >= 11 is 1.38. The Morgan fingerprint density at radius 2 is 2.26 bits per heavy atom. The summed E-state index contributed by atoms with van der Waals surface area (Å²) in [5.74, 6) is -0.0285. The molecule has 7 heteroatoms. The highest BCUT2D eigenvalue weighted by Gasteiger charge is 2.20. The number of amides is 2. The van der Waals surface area contributed by atoms with E-state index in [1.54, 1.807) is 6.07 Å². The van der Waals surface area contributed by atoms with E-state index in [1.165, 1.54) is 11.3 Å². The summed E-state index contributed by atoms with van der Waals surface area (Å²) in [6.07, 6.45) is 2.33. The Balaban J connectivity index is 1.68. The van der Waals surface area contributed by atoms with Gasteiger partial charge in [0.05, 0.1) is 0 Å². The van der Waals surface area contributed by atoms with Crippen molar-refractivity contribution in [3.8, 4) is 0 Å². The van der Waals surface area contributed by atoms with Crippen LogP contribution in [0, 0.1) is 0 Å². The van der Waals surface area contributed by atoms with Gasteiger partial charge in [0, 0.05) is 25.1 Å². The quantitative estimate of drug-likeness (QED) is 0.914. The van der Waals surface area contributed by atoms with Gasteiger partial charge in [0.15, 0.2) is 0 Å². The smallest absolute Gasteiger partial charge is 0.257 e. The molecule has 120 valence electrons. The van der Waals surface area contributed by atoms with Gasteiger partial charge in [-0.05, 0) is 30.5 Å². The van der Waals surface area contributed by atoms with Crippen LogP contribution in [0.5, 0.6) is 0 Å². The Labute approximate surface area is 138 Å². The minimum atomic E-state index is -0.210. The molecule has 1 aliphatic heterocycles. The van der Waals surface area contributed by atoms with E-state index in [9.17, 15) is 9.59 Å². The summed E-state index contributed by atoms with van der Waals surface area (Å²) in [6, 6.07) is 7.35. The second kappa shape index (κ2) is 6.87. The first-order valence-electron chi connectivity index (χ1n) is 7.66. The van der Waals surface area contributed by atoms with Crippen LogP contribution in [0.1, 0.15) is 40.7 Å². The van der Waals surface area contributed by atoms with Crippen molar-refractivity contribution >= 4 is 28.3 Å². The molecule has 1 aromatic heterocycles. The molecule has 6 nitrogen and oxygen atoms in total. The van der Waals surface area contributed by atoms with Crippen LogP contribution in [0.4, 0.5) is 5.13 Å². The number of likely N-dealkylation sites (tertiary alicyclic amines) is 1. The molecule has 0 bridgehead atoms. The van der Waals surface area contributed by atoms with E-state index in [4.69, 9.17) is 0 Å². The van der Waals surface area contributed by atoms with Crippen molar-refractivity contribution in [2.45, 2.75) is 32.7 Å². The number of hydrogen-bond acceptors (Lipinski definition) is 5. The molecule has 0 saturated carbocycles. The molecule has 1 N–H and O–H groups in total. The third-order valence-electron chi connectivity index (χ3n) is 3.72. The predicted octanol–water partition coefficient (Wildman–Crippen LogP) is 2.48. The summed E-state index contributed by atoms with van der Waals surface area (Å²) in [4.78, 5) is 25.8. The number of aromatic nitrogens is 2. The third kappa shape index (κ3) is 3.73. The largest absolute Gasteiger partial charge is 0.338 e. The highest BCUT2D eigenvalue weighted by Crippen LogP contribution is 2.18. The first-order chi connectivity index (χ1) is 11.2. The molecule has 23 heavy (non-hydrogen) atoms. The molecule has 0 atom stereocenters. The van der Waals surface area contributed by atoms with E-state index in [0.717, 1.165) is 30.0 Å². The number of carbonyl (C=O) groups excluding carboxylic acids is 2. The van der Waals surface area contributed by atoms with Crippen molar-refractivity contribution < 1.29 is 9.59 Å². The summed E-state index contributed by atoms with van der Waals surface area (Å²) < 4.78 is 0. The standard InChI is InChI=1S/C16H18N4O2S/c1-2-13-18-19-16(23-13)17-15(22)12-6-3-5-11(9-12)10-20-8-4-7-14(20)21/h3,5-6,9H,2,4,7-8,10H2,1H3,(H,17,19,22). The number of benzene rings is 1. The zero-order valence-electron chi connectivity index (χ0n) is 12.9. The lowest BCUT2D eigenvalue weighted by Gasteiger charge is -2.15. The maximum Gasteiger partial charge on any atom is 0.257 e. The SMILES string of the molecule is CCc1nnc(NC(=O)c2cccc(CN3CCCC3=O)c2)s1. The Hall–Kier alpha value is -2.28. The fourth-order valence-corrected chi connectivity index (χ4v) is 3.19. The Morgan fingerprint density at radius 3 is 2.96 bits per heavy atom. The number of anilines is 1. The second-order valence-electron chi connectivity index (χ2n) is 5.43. The van der Waals surface area contributed by atoms with Gasteiger partial charge >= 0.3 is 0 Å². The monoisotopic (exact) mass is 330 g/mol. The highest BCUT2D eigenvalue weighted by atomic mass is 32.1. The van der Waals surface area contributed by atoms with Crippen LogP contribution in [0.3, 0.4) is 0 Å². The lowest BCUT2D eigenvalue weighted by molar-refractivity contribution is -0.128. The maximum absolute atomic E-state index is 12.3. The van der Waals surface area contributed by atoms with Gasteiger partial charge in [-0.15, -0.1) is 10.2 Å². The normalized spacial score (nSPS) is 14.3. The van der Waals surface area contributed by atoms with Gasteiger partial charge < -0.3 is 4.90 Å². The van der Waals surface area contributed by atoms with Crippen LogP contribution in [-0.2, 0) is 17.8 Å². The summed E-state index contributed by atoms with van der Waals surface area (Å²) in [5, 5.41) is 12.1. The Bertz CT molecular complexity index is 728. The van der Waals surface area contributed by atoms with Crippen LogP contribution in [0.25, 0.3) is 0 Å². The van der Waals surface area contributed by atoms with Crippen LogP contribution in [0.15, 0.2) is 24.3 Å². The molecule has 1 aromatic carbocycles. The molecule has 0 unspecified atom stereocenters.